The smallest absolute Gasteiger partial charge is 0.0475 e. The molecule has 0 aliphatic rings. The Morgan fingerprint density at radius 1 is 0.714 bits per heavy atom. The molecule has 0 atom stereocenters. The monoisotopic (exact) mass is 336 g/mol. The molecule has 0 unspecified atom stereocenters. The van der Waals surface area contributed by atoms with Gasteiger partial charge >= 0.3 is 0 Å². The first-order valence-electron chi connectivity index (χ1n) is 6.78. The van der Waals surface area contributed by atoms with E-state index in [1.165, 1.54) is 30.6 Å². The summed E-state index contributed by atoms with van der Waals surface area (Å²) >= 11 is 5.25. The second-order valence-corrected chi connectivity index (χ2v) is 7.58. The van der Waals surface area contributed by atoms with Crippen molar-refractivity contribution in [1.82, 2.24) is 0 Å². The van der Waals surface area contributed by atoms with Gasteiger partial charge in [0.1, 0.15) is 0 Å². The van der Waals surface area contributed by atoms with Crippen LogP contribution in [0.4, 0.5) is 0 Å². The van der Waals surface area contributed by atoms with E-state index in [1.54, 1.807) is 34.0 Å². The molecule has 3 aromatic rings. The van der Waals surface area contributed by atoms with Crippen LogP contribution in [0.3, 0.4) is 0 Å². The molecule has 0 aliphatic carbocycles. The van der Waals surface area contributed by atoms with Crippen molar-refractivity contribution in [3.8, 4) is 19.5 Å². The topological polar surface area (TPSA) is 40.5 Å². The second-order valence-electron chi connectivity index (χ2n) is 4.66. The molecule has 5 heteroatoms. The first-order valence-corrected chi connectivity index (χ1v) is 9.36. The molecule has 3 aromatic heterocycles. The highest BCUT2D eigenvalue weighted by Gasteiger charge is 2.13. The highest BCUT2D eigenvalue weighted by Crippen LogP contribution is 2.41. The van der Waals surface area contributed by atoms with E-state index < -0.39 is 0 Å². The lowest BCUT2D eigenvalue weighted by molar-refractivity contribution is 0.299. The standard InChI is InChI=1S/C16H16O2S3/c17-7-3-11-5-9-19-15(11)13-1-2-14(21-13)16-12(4-8-18)6-10-20-16/h1-2,5-6,9-10,17-18H,3-4,7-8H2. The molecular weight excluding hydrogens is 320 g/mol. The largest absolute Gasteiger partial charge is 0.396 e. The Hall–Kier alpha value is -0.980. The molecule has 0 spiro atoms. The van der Waals surface area contributed by atoms with Gasteiger partial charge in [-0.1, -0.05) is 0 Å². The first-order chi connectivity index (χ1) is 10.3. The summed E-state index contributed by atoms with van der Waals surface area (Å²) in [5, 5.41) is 22.5. The van der Waals surface area contributed by atoms with E-state index in [1.807, 2.05) is 0 Å². The third-order valence-corrected chi connectivity index (χ3v) is 6.67. The molecule has 0 saturated heterocycles. The van der Waals surface area contributed by atoms with Crippen molar-refractivity contribution < 1.29 is 10.2 Å². The van der Waals surface area contributed by atoms with Gasteiger partial charge in [-0.05, 0) is 59.0 Å². The summed E-state index contributed by atoms with van der Waals surface area (Å²) in [5.41, 5.74) is 2.44. The Kier molecular flexibility index (Phi) is 4.87. The van der Waals surface area contributed by atoms with E-state index in [0.717, 1.165) is 0 Å². The van der Waals surface area contributed by atoms with Crippen LogP contribution in [0.15, 0.2) is 35.0 Å². The Balaban J connectivity index is 1.92. The van der Waals surface area contributed by atoms with Crippen molar-refractivity contribution in [2.24, 2.45) is 0 Å². The van der Waals surface area contributed by atoms with Gasteiger partial charge in [-0.15, -0.1) is 34.0 Å². The van der Waals surface area contributed by atoms with Crippen LogP contribution in [0.2, 0.25) is 0 Å². The van der Waals surface area contributed by atoms with Crippen molar-refractivity contribution >= 4 is 34.0 Å². The SMILES string of the molecule is OCCc1ccsc1-c1ccc(-c2sccc2CCO)s1. The van der Waals surface area contributed by atoms with Crippen molar-refractivity contribution in [3.05, 3.63) is 46.2 Å². The molecule has 3 rings (SSSR count). The minimum Gasteiger partial charge on any atom is -0.396 e. The van der Waals surface area contributed by atoms with Crippen LogP contribution in [-0.4, -0.2) is 23.4 Å². The lowest BCUT2D eigenvalue weighted by Gasteiger charge is -2.00. The summed E-state index contributed by atoms with van der Waals surface area (Å²) < 4.78 is 0. The minimum absolute atomic E-state index is 0.188. The lowest BCUT2D eigenvalue weighted by atomic mass is 10.1. The number of rotatable bonds is 6. The van der Waals surface area contributed by atoms with Gasteiger partial charge in [-0.2, -0.15) is 0 Å². The molecule has 2 N–H and O–H groups in total. The summed E-state index contributed by atoms with van der Waals surface area (Å²) in [7, 11) is 0. The quantitative estimate of drug-likeness (QED) is 0.705. The average molecular weight is 337 g/mol. The summed E-state index contributed by atoms with van der Waals surface area (Å²) in [6.45, 7) is 0.376. The zero-order chi connectivity index (χ0) is 14.7. The molecule has 2 nitrogen and oxygen atoms in total. The maximum atomic E-state index is 9.15. The van der Waals surface area contributed by atoms with E-state index in [4.69, 9.17) is 10.2 Å². The van der Waals surface area contributed by atoms with Crippen LogP contribution in [0.1, 0.15) is 11.1 Å². The highest BCUT2D eigenvalue weighted by molar-refractivity contribution is 7.25. The molecule has 3 heterocycles. The summed E-state index contributed by atoms with van der Waals surface area (Å²) in [5.74, 6) is 0. The fourth-order valence-electron chi connectivity index (χ4n) is 2.32. The molecule has 0 bridgehead atoms. The van der Waals surface area contributed by atoms with Crippen LogP contribution in [-0.2, 0) is 12.8 Å². The summed E-state index contributed by atoms with van der Waals surface area (Å²) in [6, 6.07) is 8.51. The van der Waals surface area contributed by atoms with E-state index in [2.05, 4.69) is 35.0 Å². The van der Waals surface area contributed by atoms with Crippen LogP contribution in [0.25, 0.3) is 19.5 Å². The van der Waals surface area contributed by atoms with Crippen molar-refractivity contribution in [1.29, 1.82) is 0 Å². The fourth-order valence-corrected chi connectivity index (χ4v) is 5.56. The average Bonchev–Trinajstić information content (AvgIpc) is 3.17. The van der Waals surface area contributed by atoms with Gasteiger partial charge in [0.25, 0.3) is 0 Å². The Bertz CT molecular complexity index is 650. The first kappa shape index (κ1) is 14.9. The van der Waals surface area contributed by atoms with Crippen molar-refractivity contribution in [3.63, 3.8) is 0 Å². The maximum Gasteiger partial charge on any atom is 0.0475 e. The van der Waals surface area contributed by atoms with E-state index >= 15 is 0 Å². The zero-order valence-electron chi connectivity index (χ0n) is 11.4. The van der Waals surface area contributed by atoms with Gasteiger partial charge in [0.2, 0.25) is 0 Å². The number of hydrogen-bond acceptors (Lipinski definition) is 5. The highest BCUT2D eigenvalue weighted by atomic mass is 32.1. The van der Waals surface area contributed by atoms with Crippen LogP contribution < -0.4 is 0 Å². The minimum atomic E-state index is 0.188. The molecule has 0 fully saturated rings. The predicted octanol–water partition coefficient (Wildman–Crippen LogP) is 4.27. The second kappa shape index (κ2) is 6.85. The third-order valence-electron chi connectivity index (χ3n) is 3.31. The summed E-state index contributed by atoms with van der Waals surface area (Å²) in [4.78, 5) is 5.04. The van der Waals surface area contributed by atoms with E-state index in [-0.39, 0.29) is 13.2 Å². The Labute approximate surface area is 136 Å². The van der Waals surface area contributed by atoms with Gasteiger partial charge < -0.3 is 10.2 Å². The number of hydrogen-bond donors (Lipinski definition) is 2. The third kappa shape index (κ3) is 3.12. The molecule has 0 radical (unpaired) electrons. The van der Waals surface area contributed by atoms with Gasteiger partial charge in [0.05, 0.1) is 0 Å². The van der Waals surface area contributed by atoms with Crippen LogP contribution in [0.5, 0.6) is 0 Å². The molecule has 0 amide bonds. The van der Waals surface area contributed by atoms with Gasteiger partial charge in [-0.25, -0.2) is 0 Å². The van der Waals surface area contributed by atoms with Gasteiger partial charge in [0, 0.05) is 32.7 Å². The van der Waals surface area contributed by atoms with Gasteiger partial charge in [0.15, 0.2) is 0 Å². The van der Waals surface area contributed by atoms with Crippen molar-refractivity contribution in [2.75, 3.05) is 13.2 Å². The predicted molar refractivity (Wildman–Crippen MR) is 92.5 cm³/mol. The molecular formula is C16H16O2S3. The molecule has 0 saturated carbocycles. The number of aliphatic hydroxyl groups is 2. The van der Waals surface area contributed by atoms with E-state index in [0.29, 0.717) is 12.8 Å². The zero-order valence-corrected chi connectivity index (χ0v) is 13.9. The summed E-state index contributed by atoms with van der Waals surface area (Å²) in [6.07, 6.45) is 1.42. The normalized spacial score (nSPS) is 11.1. The molecule has 0 aliphatic heterocycles. The maximum absolute atomic E-state index is 9.15. The molecule has 110 valence electrons. The van der Waals surface area contributed by atoms with Crippen LogP contribution in [0, 0.1) is 0 Å². The van der Waals surface area contributed by atoms with Gasteiger partial charge in [-0.3, -0.25) is 0 Å². The van der Waals surface area contributed by atoms with E-state index in [9.17, 15) is 0 Å². The Morgan fingerprint density at radius 3 is 1.62 bits per heavy atom. The lowest BCUT2D eigenvalue weighted by Crippen LogP contribution is -1.89. The fraction of sp³-hybridized carbons (Fsp3) is 0.250. The number of aliphatic hydroxyl groups excluding tert-OH is 2. The van der Waals surface area contributed by atoms with Crippen molar-refractivity contribution in [2.45, 2.75) is 12.8 Å². The number of thiophene rings is 3. The molecule has 0 aromatic carbocycles. The molecule has 21 heavy (non-hydrogen) atoms. The van der Waals surface area contributed by atoms with Crippen LogP contribution >= 0.6 is 34.0 Å². The Morgan fingerprint density at radius 2 is 1.19 bits per heavy atom.